The molecule has 17 heavy (non-hydrogen) atoms. The fourth-order valence-electron chi connectivity index (χ4n) is 1.56. The van der Waals surface area contributed by atoms with Crippen LogP contribution in [0.15, 0.2) is 24.3 Å². The molecule has 0 aliphatic rings. The Balaban J connectivity index is 2.25. The molecule has 0 saturated heterocycles. The van der Waals surface area contributed by atoms with Crippen molar-refractivity contribution in [1.29, 1.82) is 0 Å². The average Bonchev–Trinajstić information content (AvgIpc) is 2.30. The first kappa shape index (κ1) is 14.0. The first-order chi connectivity index (χ1) is 8.22. The van der Waals surface area contributed by atoms with Crippen LogP contribution in [0.1, 0.15) is 25.8 Å². The molecule has 1 aromatic carbocycles. The maximum absolute atomic E-state index is 9.25. The minimum absolute atomic E-state index is 0.298. The number of aliphatic hydroxyl groups excluding tert-OH is 1. The summed E-state index contributed by atoms with van der Waals surface area (Å²) in [6.45, 7) is 5.96. The Hall–Kier alpha value is -1.06. The fourth-order valence-corrected chi connectivity index (χ4v) is 1.56. The summed E-state index contributed by atoms with van der Waals surface area (Å²) in [5.74, 6) is 0.871. The number of hydrogen-bond acceptors (Lipinski definition) is 3. The van der Waals surface area contributed by atoms with Crippen LogP contribution >= 0.6 is 0 Å². The van der Waals surface area contributed by atoms with Crippen molar-refractivity contribution in [2.24, 2.45) is 0 Å². The molecule has 0 amide bonds. The monoisotopic (exact) mass is 238 g/mol. The predicted octanol–water partition coefficient (Wildman–Crippen LogP) is 2.42. The van der Waals surface area contributed by atoms with Crippen molar-refractivity contribution in [3.8, 4) is 5.75 Å². The van der Waals surface area contributed by atoms with Crippen LogP contribution in [0, 0.1) is 0 Å². The number of ether oxygens (including phenoxy) is 2. The van der Waals surface area contributed by atoms with E-state index in [9.17, 15) is 5.11 Å². The lowest BCUT2D eigenvalue weighted by Crippen LogP contribution is -2.05. The third-order valence-electron chi connectivity index (χ3n) is 2.36. The lowest BCUT2D eigenvalue weighted by Gasteiger charge is -2.08. The number of hydrogen-bond donors (Lipinski definition) is 1. The van der Waals surface area contributed by atoms with Gasteiger partial charge in [-0.05, 0) is 38.0 Å². The standard InChI is InChI=1S/C14H22O3/c1-3-16-9-4-10-17-14-7-5-13(6-8-14)11-12(2)15/h5-8,12,15H,3-4,9-11H2,1-2H3. The Bertz CT molecular complexity index is 293. The molecule has 0 radical (unpaired) electrons. The summed E-state index contributed by atoms with van der Waals surface area (Å²) in [5, 5.41) is 9.25. The molecule has 96 valence electrons. The molecule has 0 spiro atoms. The van der Waals surface area contributed by atoms with Crippen molar-refractivity contribution < 1.29 is 14.6 Å². The summed E-state index contributed by atoms with van der Waals surface area (Å²) in [5.41, 5.74) is 1.13. The van der Waals surface area contributed by atoms with E-state index < -0.39 is 0 Å². The van der Waals surface area contributed by atoms with E-state index in [-0.39, 0.29) is 6.10 Å². The lowest BCUT2D eigenvalue weighted by atomic mass is 10.1. The summed E-state index contributed by atoms with van der Waals surface area (Å²) in [7, 11) is 0. The van der Waals surface area contributed by atoms with Crippen LogP contribution in [0.25, 0.3) is 0 Å². The van der Waals surface area contributed by atoms with Gasteiger partial charge in [-0.15, -0.1) is 0 Å². The second-order valence-corrected chi connectivity index (χ2v) is 4.10. The van der Waals surface area contributed by atoms with Crippen LogP contribution in [0.5, 0.6) is 5.75 Å². The third-order valence-corrected chi connectivity index (χ3v) is 2.36. The first-order valence-corrected chi connectivity index (χ1v) is 6.20. The molecule has 1 N–H and O–H groups in total. The van der Waals surface area contributed by atoms with Gasteiger partial charge < -0.3 is 14.6 Å². The highest BCUT2D eigenvalue weighted by molar-refractivity contribution is 5.27. The average molecular weight is 238 g/mol. The maximum atomic E-state index is 9.25. The highest BCUT2D eigenvalue weighted by Gasteiger charge is 1.99. The van der Waals surface area contributed by atoms with Crippen molar-refractivity contribution in [2.45, 2.75) is 32.8 Å². The summed E-state index contributed by atoms with van der Waals surface area (Å²) in [6, 6.07) is 7.87. The Labute approximate surface area is 103 Å². The largest absolute Gasteiger partial charge is 0.494 e. The van der Waals surface area contributed by atoms with Gasteiger partial charge in [0.2, 0.25) is 0 Å². The molecule has 1 rings (SSSR count). The molecule has 0 fully saturated rings. The van der Waals surface area contributed by atoms with Crippen molar-refractivity contribution in [2.75, 3.05) is 19.8 Å². The fraction of sp³-hybridized carbons (Fsp3) is 0.571. The summed E-state index contributed by atoms with van der Waals surface area (Å²) < 4.78 is 10.8. The van der Waals surface area contributed by atoms with Crippen LogP contribution in [0.4, 0.5) is 0 Å². The van der Waals surface area contributed by atoms with Gasteiger partial charge in [0.25, 0.3) is 0 Å². The van der Waals surface area contributed by atoms with Crippen LogP contribution in [-0.2, 0) is 11.2 Å². The second-order valence-electron chi connectivity index (χ2n) is 4.10. The van der Waals surface area contributed by atoms with Gasteiger partial charge in [0.1, 0.15) is 5.75 Å². The van der Waals surface area contributed by atoms with Crippen LogP contribution in [-0.4, -0.2) is 31.0 Å². The zero-order valence-electron chi connectivity index (χ0n) is 10.7. The van der Waals surface area contributed by atoms with Gasteiger partial charge in [-0.1, -0.05) is 12.1 Å². The Kier molecular flexibility index (Phi) is 6.67. The van der Waals surface area contributed by atoms with Crippen LogP contribution in [0.3, 0.4) is 0 Å². The van der Waals surface area contributed by atoms with Gasteiger partial charge in [0, 0.05) is 19.6 Å². The van der Waals surface area contributed by atoms with Gasteiger partial charge in [0.05, 0.1) is 12.7 Å². The number of benzene rings is 1. The normalized spacial score (nSPS) is 12.4. The highest BCUT2D eigenvalue weighted by Crippen LogP contribution is 2.13. The molecule has 0 aromatic heterocycles. The van der Waals surface area contributed by atoms with Gasteiger partial charge in [-0.3, -0.25) is 0 Å². The Morgan fingerprint density at radius 3 is 2.47 bits per heavy atom. The molecule has 0 aliphatic carbocycles. The molecular weight excluding hydrogens is 216 g/mol. The maximum Gasteiger partial charge on any atom is 0.119 e. The molecule has 1 aromatic rings. The van der Waals surface area contributed by atoms with Crippen molar-refractivity contribution >= 4 is 0 Å². The highest BCUT2D eigenvalue weighted by atomic mass is 16.5. The minimum Gasteiger partial charge on any atom is -0.494 e. The van der Waals surface area contributed by atoms with E-state index in [1.54, 1.807) is 6.92 Å². The molecule has 3 nitrogen and oxygen atoms in total. The summed E-state index contributed by atoms with van der Waals surface area (Å²) >= 11 is 0. The lowest BCUT2D eigenvalue weighted by molar-refractivity contribution is 0.131. The molecule has 3 heteroatoms. The van der Waals surface area contributed by atoms with Crippen molar-refractivity contribution in [3.63, 3.8) is 0 Å². The smallest absolute Gasteiger partial charge is 0.119 e. The molecule has 1 unspecified atom stereocenters. The van der Waals surface area contributed by atoms with Crippen LogP contribution in [0.2, 0.25) is 0 Å². The molecule has 0 aliphatic heterocycles. The topological polar surface area (TPSA) is 38.7 Å². The Morgan fingerprint density at radius 1 is 1.18 bits per heavy atom. The summed E-state index contributed by atoms with van der Waals surface area (Å²) in [6.07, 6.45) is 1.29. The Morgan fingerprint density at radius 2 is 1.88 bits per heavy atom. The number of aliphatic hydroxyl groups is 1. The van der Waals surface area contributed by atoms with Gasteiger partial charge in [-0.25, -0.2) is 0 Å². The van der Waals surface area contributed by atoms with E-state index in [1.165, 1.54) is 0 Å². The minimum atomic E-state index is -0.298. The van der Waals surface area contributed by atoms with Crippen molar-refractivity contribution in [1.82, 2.24) is 0 Å². The first-order valence-electron chi connectivity index (χ1n) is 6.20. The number of rotatable bonds is 8. The van der Waals surface area contributed by atoms with Gasteiger partial charge >= 0.3 is 0 Å². The molecular formula is C14H22O3. The zero-order chi connectivity index (χ0) is 12.5. The van der Waals surface area contributed by atoms with Gasteiger partial charge in [0.15, 0.2) is 0 Å². The SMILES string of the molecule is CCOCCCOc1ccc(CC(C)O)cc1. The molecule has 0 bridgehead atoms. The quantitative estimate of drug-likeness (QED) is 0.707. The summed E-state index contributed by atoms with van der Waals surface area (Å²) in [4.78, 5) is 0. The van der Waals surface area contributed by atoms with E-state index >= 15 is 0 Å². The zero-order valence-corrected chi connectivity index (χ0v) is 10.7. The molecule has 0 heterocycles. The third kappa shape index (κ3) is 6.29. The van der Waals surface area contributed by atoms with E-state index in [4.69, 9.17) is 9.47 Å². The molecule has 0 saturated carbocycles. The van der Waals surface area contributed by atoms with E-state index in [1.807, 2.05) is 31.2 Å². The predicted molar refractivity (Wildman–Crippen MR) is 68.4 cm³/mol. The van der Waals surface area contributed by atoms with Gasteiger partial charge in [-0.2, -0.15) is 0 Å². The van der Waals surface area contributed by atoms with E-state index in [0.29, 0.717) is 13.0 Å². The van der Waals surface area contributed by atoms with Crippen LogP contribution < -0.4 is 4.74 Å². The molecule has 1 atom stereocenters. The van der Waals surface area contributed by atoms with Crippen molar-refractivity contribution in [3.05, 3.63) is 29.8 Å². The van der Waals surface area contributed by atoms with E-state index in [0.717, 1.165) is 30.9 Å². The second kappa shape index (κ2) is 8.09. The van der Waals surface area contributed by atoms with E-state index in [2.05, 4.69) is 0 Å².